The molecule has 0 radical (unpaired) electrons. The molecule has 23 heavy (non-hydrogen) atoms. The van der Waals surface area contributed by atoms with Gasteiger partial charge in [-0.3, -0.25) is 0 Å². The van der Waals surface area contributed by atoms with Crippen molar-refractivity contribution < 1.29 is 4.74 Å². The molecule has 2 aliphatic rings. The third-order valence-corrected chi connectivity index (χ3v) is 5.00. The summed E-state index contributed by atoms with van der Waals surface area (Å²) in [5.41, 5.74) is 3.86. The van der Waals surface area contributed by atoms with Gasteiger partial charge in [0.1, 0.15) is 17.4 Å². The van der Waals surface area contributed by atoms with E-state index in [0.717, 1.165) is 36.8 Å². The molecule has 1 N–H and O–H groups in total. The first kappa shape index (κ1) is 14.5. The summed E-state index contributed by atoms with van der Waals surface area (Å²) in [4.78, 5) is 9.33. The van der Waals surface area contributed by atoms with Gasteiger partial charge in [-0.15, -0.1) is 0 Å². The fraction of sp³-hybridized carbons (Fsp3) is 0.474. The first-order valence-electron chi connectivity index (χ1n) is 8.57. The van der Waals surface area contributed by atoms with Crippen molar-refractivity contribution in [1.82, 2.24) is 9.97 Å². The molecule has 2 unspecified atom stereocenters. The Kier molecular flexibility index (Phi) is 3.68. The number of ether oxygens (including phenoxy) is 1. The SMILES string of the molecule is Cc1nc2c(c(NC(C)C3COc4ccccc43)n1)CCCC2. The van der Waals surface area contributed by atoms with Gasteiger partial charge >= 0.3 is 0 Å². The fourth-order valence-corrected chi connectivity index (χ4v) is 3.75. The number of rotatable bonds is 3. The van der Waals surface area contributed by atoms with Gasteiger partial charge in [0.2, 0.25) is 0 Å². The smallest absolute Gasteiger partial charge is 0.133 e. The van der Waals surface area contributed by atoms with Gasteiger partial charge in [0.05, 0.1) is 6.61 Å². The van der Waals surface area contributed by atoms with E-state index in [1.165, 1.54) is 29.7 Å². The molecule has 0 fully saturated rings. The average Bonchev–Trinajstić information content (AvgIpc) is 2.99. The zero-order chi connectivity index (χ0) is 15.8. The Labute approximate surface area is 137 Å². The van der Waals surface area contributed by atoms with Crippen LogP contribution in [0.5, 0.6) is 5.75 Å². The van der Waals surface area contributed by atoms with Crippen molar-refractivity contribution in [3.63, 3.8) is 0 Å². The molecule has 0 bridgehead atoms. The Morgan fingerprint density at radius 2 is 2.00 bits per heavy atom. The van der Waals surface area contributed by atoms with E-state index in [1.54, 1.807) is 0 Å². The Morgan fingerprint density at radius 1 is 1.17 bits per heavy atom. The van der Waals surface area contributed by atoms with Gasteiger partial charge in [-0.25, -0.2) is 9.97 Å². The lowest BCUT2D eigenvalue weighted by atomic mass is 9.93. The van der Waals surface area contributed by atoms with Crippen LogP contribution in [0.3, 0.4) is 0 Å². The summed E-state index contributed by atoms with van der Waals surface area (Å²) in [5, 5.41) is 3.66. The van der Waals surface area contributed by atoms with Crippen LogP contribution in [0, 0.1) is 6.92 Å². The van der Waals surface area contributed by atoms with Crippen LogP contribution < -0.4 is 10.1 Å². The van der Waals surface area contributed by atoms with Crippen LogP contribution in [-0.2, 0) is 12.8 Å². The molecule has 2 heterocycles. The minimum atomic E-state index is 0.277. The molecule has 4 heteroatoms. The highest BCUT2D eigenvalue weighted by Gasteiger charge is 2.29. The number of aromatic nitrogens is 2. The fourth-order valence-electron chi connectivity index (χ4n) is 3.75. The third-order valence-electron chi connectivity index (χ3n) is 5.00. The summed E-state index contributed by atoms with van der Waals surface area (Å²) < 4.78 is 5.83. The van der Waals surface area contributed by atoms with Gasteiger partial charge in [-0.05, 0) is 45.6 Å². The number of benzene rings is 1. The normalized spacial score (nSPS) is 20.3. The van der Waals surface area contributed by atoms with Crippen molar-refractivity contribution in [2.45, 2.75) is 51.5 Å². The minimum Gasteiger partial charge on any atom is -0.493 e. The van der Waals surface area contributed by atoms with Gasteiger partial charge in [0, 0.05) is 28.8 Å². The number of nitrogens with zero attached hydrogens (tertiary/aromatic N) is 2. The van der Waals surface area contributed by atoms with Crippen molar-refractivity contribution >= 4 is 5.82 Å². The number of nitrogens with one attached hydrogen (secondary N) is 1. The van der Waals surface area contributed by atoms with Crippen LogP contribution in [0.2, 0.25) is 0 Å². The van der Waals surface area contributed by atoms with Crippen LogP contribution in [0.25, 0.3) is 0 Å². The zero-order valence-corrected chi connectivity index (χ0v) is 13.8. The molecule has 0 amide bonds. The lowest BCUT2D eigenvalue weighted by molar-refractivity contribution is 0.322. The quantitative estimate of drug-likeness (QED) is 0.940. The maximum absolute atomic E-state index is 5.83. The number of hydrogen-bond donors (Lipinski definition) is 1. The molecular weight excluding hydrogens is 286 g/mol. The average molecular weight is 309 g/mol. The van der Waals surface area contributed by atoms with Crippen LogP contribution in [0.4, 0.5) is 5.82 Å². The summed E-state index contributed by atoms with van der Waals surface area (Å²) in [6.07, 6.45) is 4.64. The summed E-state index contributed by atoms with van der Waals surface area (Å²) in [7, 11) is 0. The van der Waals surface area contributed by atoms with E-state index < -0.39 is 0 Å². The van der Waals surface area contributed by atoms with Gasteiger partial charge in [0.25, 0.3) is 0 Å². The summed E-state index contributed by atoms with van der Waals surface area (Å²) in [6.45, 7) is 4.95. The van der Waals surface area contributed by atoms with E-state index in [0.29, 0.717) is 5.92 Å². The van der Waals surface area contributed by atoms with Crippen molar-refractivity contribution in [1.29, 1.82) is 0 Å². The monoisotopic (exact) mass is 309 g/mol. The molecule has 1 aromatic carbocycles. The standard InChI is InChI=1S/C19H23N3O/c1-12(16-11-23-18-10-6-4-7-14(16)18)20-19-15-8-3-5-9-17(15)21-13(2)22-19/h4,6-7,10,12,16H,3,5,8-9,11H2,1-2H3,(H,20,21,22). The summed E-state index contributed by atoms with van der Waals surface area (Å²) >= 11 is 0. The molecule has 4 nitrogen and oxygen atoms in total. The number of para-hydroxylation sites is 1. The van der Waals surface area contributed by atoms with E-state index in [-0.39, 0.29) is 6.04 Å². The molecule has 1 aromatic heterocycles. The molecule has 1 aliphatic carbocycles. The van der Waals surface area contributed by atoms with E-state index in [4.69, 9.17) is 9.72 Å². The lowest BCUT2D eigenvalue weighted by Crippen LogP contribution is -2.27. The molecule has 1 aliphatic heterocycles. The first-order valence-corrected chi connectivity index (χ1v) is 8.57. The minimum absolute atomic E-state index is 0.277. The molecule has 0 saturated heterocycles. The highest BCUT2D eigenvalue weighted by Crippen LogP contribution is 2.37. The number of hydrogen-bond acceptors (Lipinski definition) is 4. The number of anilines is 1. The summed E-state index contributed by atoms with van der Waals surface area (Å²) in [5.74, 6) is 3.28. The molecular formula is C19H23N3O. The van der Waals surface area contributed by atoms with E-state index in [2.05, 4.69) is 35.4 Å². The number of aryl methyl sites for hydroxylation is 2. The topological polar surface area (TPSA) is 47.0 Å². The molecule has 0 saturated carbocycles. The van der Waals surface area contributed by atoms with Gasteiger partial charge < -0.3 is 10.1 Å². The maximum atomic E-state index is 5.83. The van der Waals surface area contributed by atoms with Gasteiger partial charge in [-0.2, -0.15) is 0 Å². The van der Waals surface area contributed by atoms with Crippen LogP contribution >= 0.6 is 0 Å². The zero-order valence-electron chi connectivity index (χ0n) is 13.8. The lowest BCUT2D eigenvalue weighted by Gasteiger charge is -2.24. The second kappa shape index (κ2) is 5.84. The van der Waals surface area contributed by atoms with Gasteiger partial charge in [0.15, 0.2) is 0 Å². The second-order valence-corrected chi connectivity index (χ2v) is 6.64. The van der Waals surface area contributed by atoms with Crippen molar-refractivity contribution in [2.24, 2.45) is 0 Å². The van der Waals surface area contributed by atoms with Crippen LogP contribution in [0.15, 0.2) is 24.3 Å². The molecule has 2 aromatic rings. The predicted octanol–water partition coefficient (Wildman–Crippen LogP) is 3.64. The Hall–Kier alpha value is -2.10. The van der Waals surface area contributed by atoms with Crippen LogP contribution in [-0.4, -0.2) is 22.6 Å². The van der Waals surface area contributed by atoms with E-state index >= 15 is 0 Å². The molecule has 120 valence electrons. The Bertz CT molecular complexity index is 729. The molecule has 2 atom stereocenters. The molecule has 4 rings (SSSR count). The second-order valence-electron chi connectivity index (χ2n) is 6.64. The maximum Gasteiger partial charge on any atom is 0.133 e. The van der Waals surface area contributed by atoms with Crippen molar-refractivity contribution in [3.05, 3.63) is 46.9 Å². The van der Waals surface area contributed by atoms with Crippen LogP contribution in [0.1, 0.15) is 48.3 Å². The molecule has 0 spiro atoms. The third kappa shape index (κ3) is 2.67. The highest BCUT2D eigenvalue weighted by atomic mass is 16.5. The first-order chi connectivity index (χ1) is 11.2. The van der Waals surface area contributed by atoms with Gasteiger partial charge in [-0.1, -0.05) is 18.2 Å². The highest BCUT2D eigenvalue weighted by molar-refractivity contribution is 5.50. The van der Waals surface area contributed by atoms with Crippen molar-refractivity contribution in [2.75, 3.05) is 11.9 Å². The largest absolute Gasteiger partial charge is 0.493 e. The van der Waals surface area contributed by atoms with E-state index in [9.17, 15) is 0 Å². The Balaban J connectivity index is 1.60. The summed E-state index contributed by atoms with van der Waals surface area (Å²) in [6, 6.07) is 8.62. The number of fused-ring (bicyclic) bond motifs is 2. The predicted molar refractivity (Wildman–Crippen MR) is 91.2 cm³/mol. The van der Waals surface area contributed by atoms with Crippen molar-refractivity contribution in [3.8, 4) is 5.75 Å². The van der Waals surface area contributed by atoms with E-state index in [1.807, 2.05) is 13.0 Å². The Morgan fingerprint density at radius 3 is 2.91 bits per heavy atom.